The monoisotopic (exact) mass is 252 g/mol. The Balaban J connectivity index is 1.95. The van der Waals surface area contributed by atoms with Crippen molar-refractivity contribution in [2.24, 2.45) is 0 Å². The van der Waals surface area contributed by atoms with Gasteiger partial charge in [0.25, 0.3) is 0 Å². The SMILES string of the molecule is Fc1cnc(NCCc2ccccc2F)c(F)c1. The summed E-state index contributed by atoms with van der Waals surface area (Å²) in [6.07, 6.45) is 1.32. The zero-order chi connectivity index (χ0) is 13.0. The van der Waals surface area contributed by atoms with Crippen molar-refractivity contribution >= 4 is 5.82 Å². The van der Waals surface area contributed by atoms with Gasteiger partial charge in [0.2, 0.25) is 0 Å². The Hall–Kier alpha value is -2.04. The first-order valence-corrected chi connectivity index (χ1v) is 5.45. The van der Waals surface area contributed by atoms with Crippen molar-refractivity contribution < 1.29 is 13.2 Å². The summed E-state index contributed by atoms with van der Waals surface area (Å²) >= 11 is 0. The maximum atomic E-state index is 13.3. The predicted octanol–water partition coefficient (Wildman–Crippen LogP) is 3.15. The van der Waals surface area contributed by atoms with Crippen LogP contribution >= 0.6 is 0 Å². The first-order chi connectivity index (χ1) is 8.66. The lowest BCUT2D eigenvalue weighted by Crippen LogP contribution is -2.09. The van der Waals surface area contributed by atoms with Crippen LogP contribution in [0.4, 0.5) is 19.0 Å². The van der Waals surface area contributed by atoms with Gasteiger partial charge in [-0.05, 0) is 18.1 Å². The van der Waals surface area contributed by atoms with E-state index in [1.165, 1.54) is 6.07 Å². The number of rotatable bonds is 4. The second kappa shape index (κ2) is 5.53. The molecule has 2 nitrogen and oxygen atoms in total. The third-order valence-electron chi connectivity index (χ3n) is 2.45. The van der Waals surface area contributed by atoms with Crippen LogP contribution in [-0.4, -0.2) is 11.5 Å². The van der Waals surface area contributed by atoms with Crippen molar-refractivity contribution in [2.45, 2.75) is 6.42 Å². The lowest BCUT2D eigenvalue weighted by atomic mass is 10.1. The van der Waals surface area contributed by atoms with Crippen LogP contribution in [0.1, 0.15) is 5.56 Å². The molecule has 0 unspecified atom stereocenters. The zero-order valence-corrected chi connectivity index (χ0v) is 9.46. The molecule has 0 fully saturated rings. The Morgan fingerprint density at radius 2 is 1.83 bits per heavy atom. The van der Waals surface area contributed by atoms with Gasteiger partial charge in [0, 0.05) is 12.6 Å². The fraction of sp³-hybridized carbons (Fsp3) is 0.154. The van der Waals surface area contributed by atoms with Crippen molar-refractivity contribution in [2.75, 3.05) is 11.9 Å². The van der Waals surface area contributed by atoms with Gasteiger partial charge in [-0.1, -0.05) is 18.2 Å². The van der Waals surface area contributed by atoms with E-state index in [1.54, 1.807) is 18.2 Å². The summed E-state index contributed by atoms with van der Waals surface area (Å²) in [5, 5.41) is 2.70. The number of hydrogen-bond acceptors (Lipinski definition) is 2. The van der Waals surface area contributed by atoms with E-state index in [0.29, 0.717) is 18.5 Å². The van der Waals surface area contributed by atoms with Crippen LogP contribution in [0, 0.1) is 17.5 Å². The van der Waals surface area contributed by atoms with E-state index in [4.69, 9.17) is 0 Å². The van der Waals surface area contributed by atoms with Gasteiger partial charge < -0.3 is 5.32 Å². The lowest BCUT2D eigenvalue weighted by Gasteiger charge is -2.07. The molecule has 0 saturated carbocycles. The molecular formula is C13H11F3N2. The summed E-state index contributed by atoms with van der Waals surface area (Å²) in [5.41, 5.74) is 0.535. The number of nitrogens with one attached hydrogen (secondary N) is 1. The first-order valence-electron chi connectivity index (χ1n) is 5.45. The molecule has 18 heavy (non-hydrogen) atoms. The van der Waals surface area contributed by atoms with Gasteiger partial charge in [0.05, 0.1) is 6.20 Å². The van der Waals surface area contributed by atoms with Crippen LogP contribution in [0.2, 0.25) is 0 Å². The molecule has 0 spiro atoms. The second-order valence-corrected chi connectivity index (χ2v) is 3.75. The average Bonchev–Trinajstić information content (AvgIpc) is 2.34. The molecular weight excluding hydrogens is 241 g/mol. The number of halogens is 3. The molecule has 0 bridgehead atoms. The van der Waals surface area contributed by atoms with Crippen LogP contribution in [-0.2, 0) is 6.42 Å². The molecule has 0 aliphatic carbocycles. The van der Waals surface area contributed by atoms with Crippen LogP contribution in [0.25, 0.3) is 0 Å². The van der Waals surface area contributed by atoms with E-state index in [0.717, 1.165) is 12.3 Å². The molecule has 1 aromatic carbocycles. The van der Waals surface area contributed by atoms with Gasteiger partial charge in [-0.25, -0.2) is 18.2 Å². The number of pyridine rings is 1. The van der Waals surface area contributed by atoms with Crippen molar-refractivity contribution in [1.82, 2.24) is 4.98 Å². The number of anilines is 1. The van der Waals surface area contributed by atoms with E-state index in [1.807, 2.05) is 0 Å². The van der Waals surface area contributed by atoms with Gasteiger partial charge in [0.15, 0.2) is 11.6 Å². The Kier molecular flexibility index (Phi) is 3.82. The minimum absolute atomic E-state index is 0.0345. The van der Waals surface area contributed by atoms with Crippen LogP contribution < -0.4 is 5.32 Å². The summed E-state index contributed by atoms with van der Waals surface area (Å²) in [6.45, 7) is 0.316. The quantitative estimate of drug-likeness (QED) is 0.904. The maximum Gasteiger partial charge on any atom is 0.168 e. The molecule has 2 aromatic rings. The third kappa shape index (κ3) is 3.00. The van der Waals surface area contributed by atoms with Crippen molar-refractivity contribution in [1.29, 1.82) is 0 Å². The topological polar surface area (TPSA) is 24.9 Å². The van der Waals surface area contributed by atoms with Crippen molar-refractivity contribution in [3.8, 4) is 0 Å². The smallest absolute Gasteiger partial charge is 0.168 e. The molecule has 0 amide bonds. The van der Waals surface area contributed by atoms with Gasteiger partial charge in [0.1, 0.15) is 11.6 Å². The molecule has 2 rings (SSSR count). The lowest BCUT2D eigenvalue weighted by molar-refractivity contribution is 0.575. The van der Waals surface area contributed by atoms with E-state index in [-0.39, 0.29) is 11.6 Å². The van der Waals surface area contributed by atoms with Crippen molar-refractivity contribution in [3.63, 3.8) is 0 Å². The Labute approximate surface area is 102 Å². The highest BCUT2D eigenvalue weighted by molar-refractivity contribution is 5.36. The normalized spacial score (nSPS) is 10.4. The van der Waals surface area contributed by atoms with E-state index >= 15 is 0 Å². The van der Waals surface area contributed by atoms with Crippen molar-refractivity contribution in [3.05, 3.63) is 59.5 Å². The van der Waals surface area contributed by atoms with E-state index < -0.39 is 11.6 Å². The number of benzene rings is 1. The molecule has 0 aliphatic rings. The molecule has 94 valence electrons. The summed E-state index contributed by atoms with van der Waals surface area (Å²) in [7, 11) is 0. The van der Waals surface area contributed by atoms with Gasteiger partial charge in [-0.3, -0.25) is 0 Å². The minimum atomic E-state index is -0.761. The highest BCUT2D eigenvalue weighted by Gasteiger charge is 2.05. The van der Waals surface area contributed by atoms with Crippen LogP contribution in [0.3, 0.4) is 0 Å². The molecule has 0 aliphatic heterocycles. The Bertz CT molecular complexity index is 544. The Morgan fingerprint density at radius 3 is 2.56 bits per heavy atom. The fourth-order valence-corrected chi connectivity index (χ4v) is 1.56. The average molecular weight is 252 g/mol. The second-order valence-electron chi connectivity index (χ2n) is 3.75. The Morgan fingerprint density at radius 1 is 1.06 bits per heavy atom. The predicted molar refractivity (Wildman–Crippen MR) is 62.7 cm³/mol. The molecule has 0 atom stereocenters. The summed E-state index contributed by atoms with van der Waals surface area (Å²) in [6, 6.07) is 7.11. The number of aromatic nitrogens is 1. The molecule has 0 saturated heterocycles. The highest BCUT2D eigenvalue weighted by Crippen LogP contribution is 2.12. The maximum absolute atomic E-state index is 13.3. The fourth-order valence-electron chi connectivity index (χ4n) is 1.56. The van der Waals surface area contributed by atoms with Gasteiger partial charge >= 0.3 is 0 Å². The van der Waals surface area contributed by atoms with E-state index in [9.17, 15) is 13.2 Å². The standard InChI is InChI=1S/C13H11F3N2/c14-10-7-12(16)13(18-8-10)17-6-5-9-3-1-2-4-11(9)15/h1-4,7-8H,5-6H2,(H,17,18). The molecule has 1 aromatic heterocycles. The summed E-state index contributed by atoms with van der Waals surface area (Å²) < 4.78 is 39.1. The zero-order valence-electron chi connectivity index (χ0n) is 9.46. The largest absolute Gasteiger partial charge is 0.367 e. The van der Waals surface area contributed by atoms with Crippen LogP contribution in [0.5, 0.6) is 0 Å². The molecule has 1 N–H and O–H groups in total. The number of nitrogens with zero attached hydrogens (tertiary/aromatic N) is 1. The highest BCUT2D eigenvalue weighted by atomic mass is 19.1. The number of hydrogen-bond donors (Lipinski definition) is 1. The molecule has 1 heterocycles. The summed E-state index contributed by atoms with van der Waals surface area (Å²) in [4.78, 5) is 3.58. The van der Waals surface area contributed by atoms with Gasteiger partial charge in [-0.2, -0.15) is 0 Å². The third-order valence-corrected chi connectivity index (χ3v) is 2.45. The first kappa shape index (κ1) is 12.4. The summed E-state index contributed by atoms with van der Waals surface area (Å²) in [5.74, 6) is -1.82. The molecule has 0 radical (unpaired) electrons. The molecule has 5 heteroatoms. The van der Waals surface area contributed by atoms with Gasteiger partial charge in [-0.15, -0.1) is 0 Å². The van der Waals surface area contributed by atoms with E-state index in [2.05, 4.69) is 10.3 Å². The van der Waals surface area contributed by atoms with Crippen LogP contribution in [0.15, 0.2) is 36.5 Å². The minimum Gasteiger partial charge on any atom is -0.367 e.